The van der Waals surface area contributed by atoms with Crippen LogP contribution in [0.1, 0.15) is 37.0 Å². The maximum absolute atomic E-state index is 14.6. The predicted molar refractivity (Wildman–Crippen MR) is 181 cm³/mol. The summed E-state index contributed by atoms with van der Waals surface area (Å²) in [6, 6.07) is 28.2. The lowest BCUT2D eigenvalue weighted by Gasteiger charge is -2.34. The van der Waals surface area contributed by atoms with Crippen molar-refractivity contribution >= 4 is 50.7 Å². The second-order valence-electron chi connectivity index (χ2n) is 10.9. The number of carbonyl (C=O) groups excluding carboxylic acids is 2. The van der Waals surface area contributed by atoms with E-state index in [1.54, 1.807) is 67.6 Å². The topological polar surface area (TPSA) is 86.8 Å². The molecule has 4 aromatic carbocycles. The van der Waals surface area contributed by atoms with Crippen molar-refractivity contribution in [3.05, 3.63) is 130 Å². The van der Waals surface area contributed by atoms with E-state index in [4.69, 9.17) is 23.2 Å². The van der Waals surface area contributed by atoms with Gasteiger partial charge in [0.1, 0.15) is 12.6 Å². The van der Waals surface area contributed by atoms with Crippen LogP contribution >= 0.6 is 23.2 Å². The number of amides is 2. The number of anilines is 1. The number of aryl methyl sites for hydroxylation is 1. The first-order valence-electron chi connectivity index (χ1n) is 14.7. The molecule has 2 amide bonds. The van der Waals surface area contributed by atoms with Crippen molar-refractivity contribution in [3.8, 4) is 0 Å². The van der Waals surface area contributed by atoms with Crippen LogP contribution < -0.4 is 9.62 Å². The summed E-state index contributed by atoms with van der Waals surface area (Å²) >= 11 is 12.7. The predicted octanol–water partition coefficient (Wildman–Crippen LogP) is 7.05. The third-order valence-corrected chi connectivity index (χ3v) is 9.98. The highest BCUT2D eigenvalue weighted by Crippen LogP contribution is 2.29. The van der Waals surface area contributed by atoms with Gasteiger partial charge in [0.15, 0.2) is 0 Å². The zero-order valence-electron chi connectivity index (χ0n) is 25.5. The van der Waals surface area contributed by atoms with Crippen LogP contribution in [-0.2, 0) is 32.6 Å². The van der Waals surface area contributed by atoms with Gasteiger partial charge in [-0.3, -0.25) is 13.9 Å². The molecule has 0 heterocycles. The molecule has 4 aromatic rings. The molecule has 0 spiro atoms. The van der Waals surface area contributed by atoms with Gasteiger partial charge in [0.25, 0.3) is 10.0 Å². The summed E-state index contributed by atoms with van der Waals surface area (Å²) in [4.78, 5) is 30.0. The second-order valence-corrected chi connectivity index (χ2v) is 13.6. The molecule has 0 aromatic heterocycles. The number of nitrogens with zero attached hydrogens (tertiary/aromatic N) is 2. The highest BCUT2D eigenvalue weighted by Gasteiger charge is 2.35. The van der Waals surface area contributed by atoms with Crippen LogP contribution in [0.2, 0.25) is 10.0 Å². The molecule has 45 heavy (non-hydrogen) atoms. The molecule has 236 valence electrons. The van der Waals surface area contributed by atoms with Gasteiger partial charge in [-0.15, -0.1) is 0 Å². The molecule has 7 nitrogen and oxygen atoms in total. The summed E-state index contributed by atoms with van der Waals surface area (Å²) in [6.07, 6.45) is 0.896. The van der Waals surface area contributed by atoms with Gasteiger partial charge in [0.2, 0.25) is 11.8 Å². The van der Waals surface area contributed by atoms with E-state index in [0.717, 1.165) is 9.87 Å². The molecule has 0 bridgehead atoms. The Balaban J connectivity index is 1.83. The number of hydrogen-bond acceptors (Lipinski definition) is 4. The fourth-order valence-electron chi connectivity index (χ4n) is 4.90. The summed E-state index contributed by atoms with van der Waals surface area (Å²) in [5, 5.41) is 3.78. The number of para-hydroxylation sites is 1. The maximum atomic E-state index is 14.6. The Morgan fingerprint density at radius 1 is 0.867 bits per heavy atom. The largest absolute Gasteiger partial charge is 0.352 e. The van der Waals surface area contributed by atoms with Crippen LogP contribution in [0.3, 0.4) is 0 Å². The quantitative estimate of drug-likeness (QED) is 0.166. The van der Waals surface area contributed by atoms with Gasteiger partial charge in [-0.2, -0.15) is 0 Å². The van der Waals surface area contributed by atoms with Crippen LogP contribution in [0.15, 0.2) is 108 Å². The summed E-state index contributed by atoms with van der Waals surface area (Å²) in [6.45, 7) is 5.05. The number of hydrogen-bond donors (Lipinski definition) is 1. The minimum Gasteiger partial charge on any atom is -0.352 e. The molecular formula is C35H37Cl2N3O4S. The Kier molecular flexibility index (Phi) is 11.7. The Morgan fingerprint density at radius 2 is 1.49 bits per heavy atom. The van der Waals surface area contributed by atoms with E-state index in [1.165, 1.54) is 17.0 Å². The molecule has 0 aliphatic carbocycles. The molecule has 0 radical (unpaired) electrons. The summed E-state index contributed by atoms with van der Waals surface area (Å²) < 4.78 is 29.3. The van der Waals surface area contributed by atoms with Crippen molar-refractivity contribution in [1.82, 2.24) is 10.2 Å². The van der Waals surface area contributed by atoms with Crippen LogP contribution in [0.25, 0.3) is 0 Å². The summed E-state index contributed by atoms with van der Waals surface area (Å²) in [7, 11) is -4.18. The molecule has 4 rings (SSSR count). The van der Waals surface area contributed by atoms with Gasteiger partial charge >= 0.3 is 0 Å². The standard InChI is InChI=1S/C35H37Cl2N3O4S/c1-4-26(3)38-35(42)33(21-27-14-7-5-8-15-27)39(23-28-19-20-29(36)22-31(28)37)34(41)24-40(32-18-12-11-13-25(32)2)45(43,44)30-16-9-6-10-17-30/h5-20,22,26,33H,4,21,23-24H2,1-3H3,(H,38,42)/t26-,33-/m1/s1. The van der Waals surface area contributed by atoms with Crippen molar-refractivity contribution in [2.24, 2.45) is 0 Å². The number of nitrogens with one attached hydrogen (secondary N) is 1. The first-order chi connectivity index (χ1) is 21.5. The average molecular weight is 667 g/mol. The lowest BCUT2D eigenvalue weighted by atomic mass is 10.0. The van der Waals surface area contributed by atoms with Gasteiger partial charge < -0.3 is 10.2 Å². The fraction of sp³-hybridized carbons (Fsp3) is 0.257. The van der Waals surface area contributed by atoms with E-state index in [9.17, 15) is 18.0 Å². The SMILES string of the molecule is CC[C@@H](C)NC(=O)[C@@H](Cc1ccccc1)N(Cc1ccc(Cl)cc1Cl)C(=O)CN(c1ccccc1C)S(=O)(=O)c1ccccc1. The molecule has 1 N–H and O–H groups in total. The third kappa shape index (κ3) is 8.66. The van der Waals surface area contributed by atoms with E-state index in [0.29, 0.717) is 33.3 Å². The number of halogens is 2. The molecule has 2 atom stereocenters. The van der Waals surface area contributed by atoms with Crippen LogP contribution in [0.4, 0.5) is 5.69 Å². The van der Waals surface area contributed by atoms with Crippen molar-refractivity contribution in [3.63, 3.8) is 0 Å². The summed E-state index contributed by atoms with van der Waals surface area (Å²) in [5.74, 6) is -0.913. The number of rotatable bonds is 13. The minimum atomic E-state index is -4.18. The Morgan fingerprint density at radius 3 is 2.11 bits per heavy atom. The summed E-state index contributed by atoms with van der Waals surface area (Å²) in [5.41, 5.74) is 2.45. The molecule has 0 saturated carbocycles. The minimum absolute atomic E-state index is 0.0451. The van der Waals surface area contributed by atoms with E-state index >= 15 is 0 Å². The van der Waals surface area contributed by atoms with Crippen LogP contribution in [0.5, 0.6) is 0 Å². The Bertz CT molecular complexity index is 1720. The van der Waals surface area contributed by atoms with Crippen LogP contribution in [0, 0.1) is 6.92 Å². The van der Waals surface area contributed by atoms with E-state index < -0.39 is 28.5 Å². The third-order valence-electron chi connectivity index (χ3n) is 7.62. The number of sulfonamides is 1. The monoisotopic (exact) mass is 665 g/mol. The van der Waals surface area contributed by atoms with E-state index in [1.807, 2.05) is 44.2 Å². The Hall–Kier alpha value is -3.85. The van der Waals surface area contributed by atoms with E-state index in [-0.39, 0.29) is 29.8 Å². The average Bonchev–Trinajstić information content (AvgIpc) is 3.03. The molecule has 0 aliphatic rings. The zero-order chi connectivity index (χ0) is 32.6. The first kappa shape index (κ1) is 34.0. The zero-order valence-corrected chi connectivity index (χ0v) is 27.8. The molecule has 0 unspecified atom stereocenters. The van der Waals surface area contributed by atoms with Crippen LogP contribution in [-0.4, -0.2) is 43.8 Å². The highest BCUT2D eigenvalue weighted by molar-refractivity contribution is 7.92. The first-order valence-corrected chi connectivity index (χ1v) is 16.9. The second kappa shape index (κ2) is 15.4. The smallest absolute Gasteiger partial charge is 0.264 e. The molecule has 10 heteroatoms. The van der Waals surface area contributed by atoms with Gasteiger partial charge in [0, 0.05) is 29.1 Å². The van der Waals surface area contributed by atoms with Crippen molar-refractivity contribution in [2.75, 3.05) is 10.8 Å². The Labute approximate surface area is 275 Å². The lowest BCUT2D eigenvalue weighted by Crippen LogP contribution is -2.54. The normalized spacial score (nSPS) is 12.6. The van der Waals surface area contributed by atoms with Crippen molar-refractivity contribution in [1.29, 1.82) is 0 Å². The van der Waals surface area contributed by atoms with Gasteiger partial charge in [-0.05, 0) is 67.3 Å². The molecule has 0 fully saturated rings. The maximum Gasteiger partial charge on any atom is 0.264 e. The van der Waals surface area contributed by atoms with Gasteiger partial charge in [-0.25, -0.2) is 8.42 Å². The molecule has 0 aliphatic heterocycles. The molecular weight excluding hydrogens is 629 g/mol. The van der Waals surface area contributed by atoms with Gasteiger partial charge in [-0.1, -0.05) is 103 Å². The highest BCUT2D eigenvalue weighted by atomic mass is 35.5. The fourth-order valence-corrected chi connectivity index (χ4v) is 6.87. The lowest BCUT2D eigenvalue weighted by molar-refractivity contribution is -0.140. The number of benzene rings is 4. The molecule has 0 saturated heterocycles. The van der Waals surface area contributed by atoms with Crippen molar-refractivity contribution in [2.45, 2.75) is 57.1 Å². The van der Waals surface area contributed by atoms with Gasteiger partial charge in [0.05, 0.1) is 10.6 Å². The van der Waals surface area contributed by atoms with E-state index in [2.05, 4.69) is 5.32 Å². The number of carbonyl (C=O) groups is 2. The van der Waals surface area contributed by atoms with Crippen molar-refractivity contribution < 1.29 is 18.0 Å².